The molecule has 1 aromatic carbocycles. The van der Waals surface area contributed by atoms with Gasteiger partial charge in [0.05, 0.1) is 11.3 Å². The molecule has 0 saturated heterocycles. The molecule has 2 amide bonds. The number of rotatable bonds is 5. The normalized spacial score (nSPS) is 17.1. The Bertz CT molecular complexity index is 1390. The zero-order valence-electron chi connectivity index (χ0n) is 19.9. The van der Waals surface area contributed by atoms with Crippen LogP contribution in [0.5, 0.6) is 0 Å². The molecule has 0 spiro atoms. The molecular formula is C27H28ClN4O3+. The first kappa shape index (κ1) is 23.3. The van der Waals surface area contributed by atoms with Crippen molar-refractivity contribution >= 4 is 34.7 Å². The molecule has 1 aliphatic carbocycles. The minimum atomic E-state index is -0.394. The van der Waals surface area contributed by atoms with Gasteiger partial charge in [-0.25, -0.2) is 4.68 Å². The predicted octanol–water partition coefficient (Wildman–Crippen LogP) is 4.05. The van der Waals surface area contributed by atoms with E-state index in [9.17, 15) is 14.4 Å². The molecule has 0 unspecified atom stereocenters. The van der Waals surface area contributed by atoms with Gasteiger partial charge in [0.2, 0.25) is 0 Å². The monoisotopic (exact) mass is 491 g/mol. The lowest BCUT2D eigenvalue weighted by molar-refractivity contribution is -0.577. The zero-order valence-corrected chi connectivity index (χ0v) is 20.6. The van der Waals surface area contributed by atoms with Crippen molar-refractivity contribution in [2.75, 3.05) is 0 Å². The van der Waals surface area contributed by atoms with Gasteiger partial charge in [0, 0.05) is 28.9 Å². The third-order valence-corrected chi connectivity index (χ3v) is 7.16. The smallest absolute Gasteiger partial charge is 0.294 e. The number of aryl methyl sites for hydroxylation is 2. The van der Waals surface area contributed by atoms with Crippen molar-refractivity contribution in [2.24, 2.45) is 0 Å². The average molecular weight is 492 g/mol. The van der Waals surface area contributed by atoms with Crippen LogP contribution in [0.25, 0.3) is 17.0 Å². The summed E-state index contributed by atoms with van der Waals surface area (Å²) in [5, 5.41) is 3.65. The Labute approximate surface area is 208 Å². The van der Waals surface area contributed by atoms with Crippen molar-refractivity contribution in [3.05, 3.63) is 81.0 Å². The highest BCUT2D eigenvalue weighted by Gasteiger charge is 2.49. The number of amides is 2. The van der Waals surface area contributed by atoms with Gasteiger partial charge >= 0.3 is 5.91 Å². The number of aromatic nitrogens is 3. The average Bonchev–Trinajstić information content (AvgIpc) is 3.32. The minimum Gasteiger partial charge on any atom is -0.294 e. The van der Waals surface area contributed by atoms with Crippen LogP contribution in [0.15, 0.2) is 53.6 Å². The topological polar surface area (TPSA) is 79.1 Å². The van der Waals surface area contributed by atoms with Gasteiger partial charge in [-0.05, 0) is 49.9 Å². The van der Waals surface area contributed by atoms with Crippen LogP contribution in [-0.4, -0.2) is 32.5 Å². The molecule has 0 radical (unpaired) electrons. The molecule has 3 aromatic rings. The lowest BCUT2D eigenvalue weighted by atomic mass is 9.94. The van der Waals surface area contributed by atoms with Crippen molar-refractivity contribution in [1.29, 1.82) is 0 Å². The van der Waals surface area contributed by atoms with Crippen molar-refractivity contribution < 1.29 is 14.2 Å². The van der Waals surface area contributed by atoms with Crippen LogP contribution in [0, 0.1) is 6.92 Å². The number of imide groups is 1. The van der Waals surface area contributed by atoms with E-state index >= 15 is 0 Å². The fourth-order valence-electron chi connectivity index (χ4n) is 5.11. The predicted molar refractivity (Wildman–Crippen MR) is 134 cm³/mol. The maximum atomic E-state index is 13.9. The maximum absolute atomic E-state index is 13.9. The quantitative estimate of drug-likeness (QED) is 0.432. The van der Waals surface area contributed by atoms with Gasteiger partial charge < -0.3 is 0 Å². The van der Waals surface area contributed by atoms with Crippen LogP contribution >= 0.6 is 11.6 Å². The Morgan fingerprint density at radius 3 is 2.40 bits per heavy atom. The Balaban J connectivity index is 1.73. The summed E-state index contributed by atoms with van der Waals surface area (Å²) in [6.45, 7) is 3.87. The van der Waals surface area contributed by atoms with Crippen molar-refractivity contribution in [3.8, 4) is 5.69 Å². The fourth-order valence-corrected chi connectivity index (χ4v) is 5.30. The molecule has 0 bridgehead atoms. The summed E-state index contributed by atoms with van der Waals surface area (Å²) < 4.78 is 3.06. The van der Waals surface area contributed by atoms with Gasteiger partial charge in [0.15, 0.2) is 12.4 Å². The second-order valence-corrected chi connectivity index (χ2v) is 9.65. The summed E-state index contributed by atoms with van der Waals surface area (Å²) in [5.74, 6) is -0.739. The molecule has 2 aromatic heterocycles. The highest BCUT2D eigenvalue weighted by atomic mass is 35.5. The maximum Gasteiger partial charge on any atom is 0.327 e. The second kappa shape index (κ2) is 9.30. The molecule has 1 fully saturated rings. The first-order valence-electron chi connectivity index (χ1n) is 12.1. The van der Waals surface area contributed by atoms with Gasteiger partial charge in [-0.15, -0.1) is 0 Å². The summed E-state index contributed by atoms with van der Waals surface area (Å²) in [7, 11) is 0. The summed E-state index contributed by atoms with van der Waals surface area (Å²) >= 11 is 6.17. The largest absolute Gasteiger partial charge is 0.327 e. The molecule has 35 heavy (non-hydrogen) atoms. The molecule has 0 atom stereocenters. The van der Waals surface area contributed by atoms with Crippen LogP contribution in [0.3, 0.4) is 0 Å². The molecule has 7 nitrogen and oxygen atoms in total. The third kappa shape index (κ3) is 4.04. The number of H-pyrrole nitrogens is 1. The summed E-state index contributed by atoms with van der Waals surface area (Å²) in [5.41, 5.74) is 2.45. The van der Waals surface area contributed by atoms with Gasteiger partial charge in [-0.2, -0.15) is 4.57 Å². The summed E-state index contributed by atoms with van der Waals surface area (Å²) in [4.78, 5) is 42.9. The number of pyridine rings is 1. The number of aromatic amines is 1. The third-order valence-electron chi connectivity index (χ3n) is 6.92. The minimum absolute atomic E-state index is 0.151. The first-order chi connectivity index (χ1) is 16.9. The fraction of sp³-hybridized carbons (Fsp3) is 0.333. The van der Waals surface area contributed by atoms with Crippen molar-refractivity contribution in [1.82, 2.24) is 14.7 Å². The number of hydrogen-bond acceptors (Lipinski definition) is 3. The van der Waals surface area contributed by atoms with Crippen LogP contribution < -0.4 is 10.1 Å². The number of benzene rings is 1. The zero-order chi connectivity index (χ0) is 24.7. The van der Waals surface area contributed by atoms with Crippen molar-refractivity contribution in [2.45, 2.75) is 58.4 Å². The van der Waals surface area contributed by atoms with Crippen LogP contribution in [-0.2, 0) is 16.0 Å². The Hall–Kier alpha value is -3.45. The molecular weight excluding hydrogens is 464 g/mol. The van der Waals surface area contributed by atoms with Gasteiger partial charge in [0.1, 0.15) is 5.57 Å². The van der Waals surface area contributed by atoms with E-state index in [-0.39, 0.29) is 34.3 Å². The standard InChI is InChI=1S/C27H27ClN4O3/c1-3-21-22(26(34)32(29-21)20-11-7-8-18(28)16-20)23-24(30-14-12-17(2)13-15-30)27(35)31(25(23)33)19-9-5-4-6-10-19/h7-8,11-16,19H,3-6,9-10H2,1-2H3/p+1. The van der Waals surface area contributed by atoms with E-state index in [0.29, 0.717) is 22.8 Å². The Morgan fingerprint density at radius 2 is 1.74 bits per heavy atom. The first-order valence-corrected chi connectivity index (χ1v) is 12.5. The van der Waals surface area contributed by atoms with E-state index in [4.69, 9.17) is 11.6 Å². The molecule has 2 aliphatic rings. The van der Waals surface area contributed by atoms with Gasteiger partial charge in [-0.1, -0.05) is 43.9 Å². The molecule has 3 heterocycles. The molecule has 5 rings (SSSR count). The highest BCUT2D eigenvalue weighted by molar-refractivity contribution is 6.44. The lowest BCUT2D eigenvalue weighted by Gasteiger charge is -2.29. The van der Waals surface area contributed by atoms with Crippen LogP contribution in [0.2, 0.25) is 5.02 Å². The molecule has 8 heteroatoms. The number of carbonyl (C=O) groups is 2. The van der Waals surface area contributed by atoms with E-state index in [1.54, 1.807) is 41.2 Å². The van der Waals surface area contributed by atoms with E-state index < -0.39 is 5.91 Å². The molecule has 1 aliphatic heterocycles. The van der Waals surface area contributed by atoms with Crippen LogP contribution in [0.4, 0.5) is 0 Å². The molecule has 1 N–H and O–H groups in total. The Morgan fingerprint density at radius 1 is 1.03 bits per heavy atom. The molecule has 1 saturated carbocycles. The van der Waals surface area contributed by atoms with E-state index in [2.05, 4.69) is 5.10 Å². The van der Waals surface area contributed by atoms with E-state index in [1.807, 2.05) is 26.0 Å². The number of halogens is 1. The highest BCUT2D eigenvalue weighted by Crippen LogP contribution is 2.35. The number of nitrogens with one attached hydrogen (secondary N) is 1. The molecule has 180 valence electrons. The second-order valence-electron chi connectivity index (χ2n) is 9.22. The lowest BCUT2D eigenvalue weighted by Crippen LogP contribution is -2.45. The summed E-state index contributed by atoms with van der Waals surface area (Å²) in [6.07, 6.45) is 8.68. The van der Waals surface area contributed by atoms with Gasteiger partial charge in [0.25, 0.3) is 17.2 Å². The van der Waals surface area contributed by atoms with Crippen LogP contribution in [0.1, 0.15) is 55.8 Å². The SMILES string of the molecule is CCc1[nH]n(-c2cccc(Cl)c2)c(=O)c1C1=C([n+]2ccc(C)cc2)C(=O)N(C2CCCCC2)C1=O. The number of hydrogen-bond donors (Lipinski definition) is 1. The van der Waals surface area contributed by atoms with E-state index in [0.717, 1.165) is 37.7 Å². The van der Waals surface area contributed by atoms with E-state index in [1.165, 1.54) is 9.58 Å². The Kier molecular flexibility index (Phi) is 6.19. The number of carbonyl (C=O) groups excluding carboxylic acids is 2. The number of nitrogens with zero attached hydrogens (tertiary/aromatic N) is 3. The van der Waals surface area contributed by atoms with Crippen molar-refractivity contribution in [3.63, 3.8) is 0 Å². The van der Waals surface area contributed by atoms with Gasteiger partial charge in [-0.3, -0.25) is 24.4 Å². The summed E-state index contributed by atoms with van der Waals surface area (Å²) in [6, 6.07) is 10.6.